The number of fused-ring (bicyclic) bond motifs is 1. The average molecular weight is 401 g/mol. The Morgan fingerprint density at radius 3 is 2.64 bits per heavy atom. The minimum absolute atomic E-state index is 0.0443. The van der Waals surface area contributed by atoms with Crippen molar-refractivity contribution in [2.75, 3.05) is 5.32 Å². The fourth-order valence-corrected chi connectivity index (χ4v) is 3.31. The monoisotopic (exact) mass is 401 g/mol. The third-order valence-corrected chi connectivity index (χ3v) is 4.66. The molecule has 0 unspecified atom stereocenters. The number of aromatic nitrogens is 2. The van der Waals surface area contributed by atoms with E-state index < -0.39 is 12.5 Å². The van der Waals surface area contributed by atoms with E-state index in [4.69, 9.17) is 4.42 Å². The van der Waals surface area contributed by atoms with Crippen molar-refractivity contribution in [3.8, 4) is 17.1 Å². The minimum Gasteiger partial charge on any atom is -0.451 e. The van der Waals surface area contributed by atoms with Gasteiger partial charge in [-0.2, -0.15) is 18.1 Å². The number of hydrogen-bond donors (Lipinski definition) is 1. The van der Waals surface area contributed by atoms with Gasteiger partial charge in [-0.1, -0.05) is 18.2 Å². The molecule has 4 aromatic rings. The van der Waals surface area contributed by atoms with E-state index in [0.29, 0.717) is 22.1 Å². The Balaban J connectivity index is 1.51. The Labute approximate surface area is 161 Å². The first kappa shape index (κ1) is 18.1. The largest absolute Gasteiger partial charge is 0.451 e. The quantitative estimate of drug-likeness (QED) is 0.503. The molecule has 0 spiro atoms. The van der Waals surface area contributed by atoms with Gasteiger partial charge < -0.3 is 9.15 Å². The van der Waals surface area contributed by atoms with Crippen molar-refractivity contribution in [1.82, 2.24) is 9.36 Å². The molecule has 142 valence electrons. The fourth-order valence-electron chi connectivity index (χ4n) is 2.72. The Bertz CT molecular complexity index is 1140. The summed E-state index contributed by atoms with van der Waals surface area (Å²) in [7, 11) is 0. The second-order valence-corrected chi connectivity index (χ2v) is 6.58. The van der Waals surface area contributed by atoms with Crippen LogP contribution in [-0.4, -0.2) is 21.9 Å². The molecule has 0 radical (unpaired) electrons. The molecule has 28 heavy (non-hydrogen) atoms. The zero-order valence-electron chi connectivity index (χ0n) is 14.5. The number of alkyl halides is 2. The van der Waals surface area contributed by atoms with Crippen LogP contribution in [-0.2, 0) is 0 Å². The van der Waals surface area contributed by atoms with Crippen molar-refractivity contribution >= 4 is 33.5 Å². The summed E-state index contributed by atoms with van der Waals surface area (Å²) < 4.78 is 38.6. The first-order chi connectivity index (χ1) is 13.5. The van der Waals surface area contributed by atoms with Crippen LogP contribution in [0.4, 0.5) is 13.9 Å². The van der Waals surface area contributed by atoms with E-state index in [1.165, 1.54) is 12.1 Å². The summed E-state index contributed by atoms with van der Waals surface area (Å²) >= 11 is 1.01. The highest BCUT2D eigenvalue weighted by Gasteiger charge is 2.19. The number of carbonyl (C=O) groups is 1. The lowest BCUT2D eigenvalue weighted by Gasteiger charge is -2.04. The predicted molar refractivity (Wildman–Crippen MR) is 101 cm³/mol. The number of halogens is 2. The molecular formula is C19H13F2N3O3S. The Morgan fingerprint density at radius 1 is 1.18 bits per heavy atom. The van der Waals surface area contributed by atoms with Crippen molar-refractivity contribution in [2.24, 2.45) is 0 Å². The summed E-state index contributed by atoms with van der Waals surface area (Å²) in [5.74, 6) is 0.205. The van der Waals surface area contributed by atoms with Gasteiger partial charge in [0.15, 0.2) is 11.6 Å². The fraction of sp³-hybridized carbons (Fsp3) is 0.105. The topological polar surface area (TPSA) is 77.2 Å². The number of aryl methyl sites for hydroxylation is 1. The second kappa shape index (κ2) is 7.35. The molecule has 0 fully saturated rings. The van der Waals surface area contributed by atoms with Crippen LogP contribution in [0.15, 0.2) is 52.9 Å². The molecular weight excluding hydrogens is 388 g/mol. The van der Waals surface area contributed by atoms with Crippen molar-refractivity contribution in [2.45, 2.75) is 13.5 Å². The number of hydrogen-bond acceptors (Lipinski definition) is 6. The van der Waals surface area contributed by atoms with Crippen LogP contribution in [0.1, 0.15) is 16.1 Å². The van der Waals surface area contributed by atoms with E-state index in [1.807, 2.05) is 25.1 Å². The molecule has 0 aliphatic carbocycles. The van der Waals surface area contributed by atoms with Gasteiger partial charge in [-0.15, -0.1) is 0 Å². The lowest BCUT2D eigenvalue weighted by Crippen LogP contribution is -2.11. The van der Waals surface area contributed by atoms with Crippen LogP contribution in [0.25, 0.3) is 22.4 Å². The number of ether oxygens (including phenoxy) is 1. The predicted octanol–water partition coefficient (Wildman–Crippen LogP) is 5.11. The Morgan fingerprint density at radius 2 is 1.93 bits per heavy atom. The maximum Gasteiger partial charge on any atom is 0.387 e. The third kappa shape index (κ3) is 3.56. The molecule has 4 rings (SSSR count). The van der Waals surface area contributed by atoms with Crippen LogP contribution in [0.5, 0.6) is 5.75 Å². The number of anilines is 1. The maximum atomic E-state index is 12.5. The number of carbonyl (C=O) groups excluding carboxylic acids is 1. The SMILES string of the molecule is Cc1c(C(=O)Nc2nc(-c3ccc(OC(F)F)cc3)ns2)oc2ccccc12. The van der Waals surface area contributed by atoms with Gasteiger partial charge >= 0.3 is 6.61 Å². The van der Waals surface area contributed by atoms with Crippen LogP contribution < -0.4 is 10.1 Å². The average Bonchev–Trinajstić information content (AvgIpc) is 3.27. The lowest BCUT2D eigenvalue weighted by molar-refractivity contribution is -0.0498. The zero-order chi connectivity index (χ0) is 19.7. The lowest BCUT2D eigenvalue weighted by atomic mass is 10.1. The van der Waals surface area contributed by atoms with Crippen LogP contribution in [0.2, 0.25) is 0 Å². The summed E-state index contributed by atoms with van der Waals surface area (Å²) in [5, 5.41) is 3.85. The number of amides is 1. The van der Waals surface area contributed by atoms with Gasteiger partial charge in [0.1, 0.15) is 11.3 Å². The van der Waals surface area contributed by atoms with Gasteiger partial charge in [0.25, 0.3) is 5.91 Å². The van der Waals surface area contributed by atoms with Crippen molar-refractivity contribution < 1.29 is 22.7 Å². The normalized spacial score (nSPS) is 11.1. The first-order valence-corrected chi connectivity index (χ1v) is 8.97. The molecule has 1 N–H and O–H groups in total. The molecule has 0 bridgehead atoms. The molecule has 2 aromatic heterocycles. The number of para-hydroxylation sites is 1. The number of rotatable bonds is 5. The van der Waals surface area contributed by atoms with Crippen molar-refractivity contribution in [1.29, 1.82) is 0 Å². The molecule has 0 aliphatic rings. The highest BCUT2D eigenvalue weighted by molar-refractivity contribution is 7.10. The van der Waals surface area contributed by atoms with Gasteiger partial charge in [-0.25, -0.2) is 0 Å². The highest BCUT2D eigenvalue weighted by atomic mass is 32.1. The molecule has 2 heterocycles. The van der Waals surface area contributed by atoms with E-state index >= 15 is 0 Å². The summed E-state index contributed by atoms with van der Waals surface area (Å²) in [6, 6.07) is 13.3. The van der Waals surface area contributed by atoms with Crippen LogP contribution >= 0.6 is 11.5 Å². The van der Waals surface area contributed by atoms with Gasteiger partial charge in [-0.3, -0.25) is 10.1 Å². The van der Waals surface area contributed by atoms with E-state index in [0.717, 1.165) is 22.5 Å². The smallest absolute Gasteiger partial charge is 0.387 e. The summed E-state index contributed by atoms with van der Waals surface area (Å²) in [5.41, 5.74) is 1.99. The number of benzene rings is 2. The molecule has 1 amide bonds. The molecule has 9 heteroatoms. The molecule has 0 saturated heterocycles. The Hall–Kier alpha value is -3.33. The molecule has 0 atom stereocenters. The summed E-state index contributed by atoms with van der Waals surface area (Å²) in [6.45, 7) is -1.07. The summed E-state index contributed by atoms with van der Waals surface area (Å²) in [4.78, 5) is 16.8. The van der Waals surface area contributed by atoms with Crippen LogP contribution in [0, 0.1) is 6.92 Å². The first-order valence-electron chi connectivity index (χ1n) is 8.19. The number of furan rings is 1. The van der Waals surface area contributed by atoms with Crippen molar-refractivity contribution in [3.63, 3.8) is 0 Å². The third-order valence-electron chi connectivity index (χ3n) is 4.03. The van der Waals surface area contributed by atoms with Gasteiger partial charge in [0.2, 0.25) is 5.13 Å². The standard InChI is InChI=1S/C19H13F2N3O3S/c1-10-13-4-2-3-5-14(13)27-15(10)17(25)23-19-22-16(24-28-19)11-6-8-12(9-7-11)26-18(20)21/h2-9,18H,1H3,(H,22,23,24,25). The van der Waals surface area contributed by atoms with E-state index in [2.05, 4.69) is 19.4 Å². The van der Waals surface area contributed by atoms with E-state index in [-0.39, 0.29) is 11.5 Å². The van der Waals surface area contributed by atoms with Gasteiger partial charge in [0.05, 0.1) is 0 Å². The highest BCUT2D eigenvalue weighted by Crippen LogP contribution is 2.27. The molecule has 0 saturated carbocycles. The zero-order valence-corrected chi connectivity index (χ0v) is 15.3. The second-order valence-electron chi connectivity index (χ2n) is 5.83. The van der Waals surface area contributed by atoms with E-state index in [1.54, 1.807) is 18.2 Å². The van der Waals surface area contributed by atoms with Gasteiger partial charge in [-0.05, 0) is 37.3 Å². The van der Waals surface area contributed by atoms with Gasteiger partial charge in [0, 0.05) is 28.0 Å². The molecule has 2 aromatic carbocycles. The number of nitrogens with one attached hydrogen (secondary N) is 1. The maximum absolute atomic E-state index is 12.5. The molecule has 0 aliphatic heterocycles. The molecule has 6 nitrogen and oxygen atoms in total. The number of nitrogens with zero attached hydrogens (tertiary/aromatic N) is 2. The van der Waals surface area contributed by atoms with Crippen LogP contribution in [0.3, 0.4) is 0 Å². The van der Waals surface area contributed by atoms with Crippen molar-refractivity contribution in [3.05, 3.63) is 59.9 Å². The summed E-state index contributed by atoms with van der Waals surface area (Å²) in [6.07, 6.45) is 0. The van der Waals surface area contributed by atoms with E-state index in [9.17, 15) is 13.6 Å². The minimum atomic E-state index is -2.88. The Kier molecular flexibility index (Phi) is 4.74.